The van der Waals surface area contributed by atoms with Crippen molar-refractivity contribution >= 4 is 41.2 Å². The van der Waals surface area contributed by atoms with Gasteiger partial charge in [-0.25, -0.2) is 4.68 Å². The largest absolute Gasteiger partial charge is 0.467 e. The number of thioether (sulfide) groups is 1. The summed E-state index contributed by atoms with van der Waals surface area (Å²) in [5, 5.41) is 7.45. The van der Waals surface area contributed by atoms with Crippen molar-refractivity contribution in [2.75, 3.05) is 0 Å². The van der Waals surface area contributed by atoms with Crippen LogP contribution in [-0.2, 0) is 12.3 Å². The monoisotopic (exact) mass is 439 g/mol. The molecule has 8 heteroatoms. The van der Waals surface area contributed by atoms with Crippen LogP contribution in [0.15, 0.2) is 81.8 Å². The minimum absolute atomic E-state index is 0.158. The number of benzene rings is 2. The molecule has 146 valence electrons. The lowest BCUT2D eigenvalue weighted by Gasteiger charge is -2.05. The first kappa shape index (κ1) is 19.6. The Labute approximate surface area is 181 Å². The fraction of sp³-hybridized carbons (Fsp3) is 0.0952. The minimum Gasteiger partial charge on any atom is -0.467 e. The number of rotatable bonds is 7. The van der Waals surface area contributed by atoms with Gasteiger partial charge < -0.3 is 9.73 Å². The number of carbonyl (C=O) groups is 1. The Morgan fingerprint density at radius 3 is 2.62 bits per heavy atom. The van der Waals surface area contributed by atoms with E-state index in [0.29, 0.717) is 21.8 Å². The first-order valence-electron chi connectivity index (χ1n) is 8.87. The third kappa shape index (κ3) is 5.03. The Balaban J connectivity index is 1.41. The SMILES string of the molecule is O=C(NCc1ccco1)c1ccc(-n2nc(SCc3ccccc3)sc2=S)cc1. The minimum atomic E-state index is -0.158. The molecule has 29 heavy (non-hydrogen) atoms. The number of carbonyl (C=O) groups excluding carboxylic acids is 1. The molecular formula is C21H17N3O2S3. The molecule has 0 spiro atoms. The molecule has 5 nitrogen and oxygen atoms in total. The van der Waals surface area contributed by atoms with Gasteiger partial charge in [0, 0.05) is 11.3 Å². The van der Waals surface area contributed by atoms with Crippen molar-refractivity contribution in [2.24, 2.45) is 0 Å². The number of amides is 1. The second kappa shape index (κ2) is 9.21. The van der Waals surface area contributed by atoms with Crippen LogP contribution >= 0.6 is 35.3 Å². The van der Waals surface area contributed by atoms with E-state index in [1.165, 1.54) is 16.9 Å². The van der Waals surface area contributed by atoms with Gasteiger partial charge in [0.25, 0.3) is 5.91 Å². The number of nitrogens with zero attached hydrogens (tertiary/aromatic N) is 2. The zero-order valence-electron chi connectivity index (χ0n) is 15.3. The van der Waals surface area contributed by atoms with Gasteiger partial charge in [-0.2, -0.15) is 0 Å². The van der Waals surface area contributed by atoms with Gasteiger partial charge in [-0.3, -0.25) is 4.79 Å². The van der Waals surface area contributed by atoms with Gasteiger partial charge >= 0.3 is 0 Å². The molecule has 0 radical (unpaired) electrons. The molecule has 2 aromatic carbocycles. The van der Waals surface area contributed by atoms with Crippen LogP contribution in [0.25, 0.3) is 5.69 Å². The van der Waals surface area contributed by atoms with Gasteiger partial charge in [-0.05, 0) is 54.2 Å². The van der Waals surface area contributed by atoms with Gasteiger partial charge in [0.1, 0.15) is 5.76 Å². The van der Waals surface area contributed by atoms with Crippen molar-refractivity contribution in [2.45, 2.75) is 16.6 Å². The summed E-state index contributed by atoms with van der Waals surface area (Å²) in [7, 11) is 0. The Hall–Kier alpha value is -2.68. The lowest BCUT2D eigenvalue weighted by Crippen LogP contribution is -2.22. The van der Waals surface area contributed by atoms with E-state index in [9.17, 15) is 4.79 Å². The molecule has 0 saturated heterocycles. The number of nitrogens with one attached hydrogen (secondary N) is 1. The Morgan fingerprint density at radius 2 is 1.90 bits per heavy atom. The second-order valence-corrected chi connectivity index (χ2v) is 8.97. The van der Waals surface area contributed by atoms with Gasteiger partial charge in [0.2, 0.25) is 0 Å². The average Bonchev–Trinajstić information content (AvgIpc) is 3.41. The molecule has 2 heterocycles. The van der Waals surface area contributed by atoms with Crippen molar-refractivity contribution in [1.82, 2.24) is 15.1 Å². The molecule has 0 atom stereocenters. The summed E-state index contributed by atoms with van der Waals surface area (Å²) in [6, 6.07) is 21.1. The van der Waals surface area contributed by atoms with Crippen molar-refractivity contribution in [3.05, 3.63) is 93.8 Å². The molecule has 2 aromatic heterocycles. The fourth-order valence-corrected chi connectivity index (χ4v) is 4.96. The van der Waals surface area contributed by atoms with Crippen LogP contribution in [0.4, 0.5) is 0 Å². The number of furan rings is 1. The van der Waals surface area contributed by atoms with Crippen molar-refractivity contribution in [3.8, 4) is 5.69 Å². The van der Waals surface area contributed by atoms with Crippen molar-refractivity contribution < 1.29 is 9.21 Å². The number of hydrogen-bond acceptors (Lipinski definition) is 6. The molecule has 1 N–H and O–H groups in total. The lowest BCUT2D eigenvalue weighted by molar-refractivity contribution is 0.0948. The van der Waals surface area contributed by atoms with Gasteiger partial charge in [0.05, 0.1) is 18.5 Å². The number of hydrogen-bond donors (Lipinski definition) is 1. The molecular weight excluding hydrogens is 422 g/mol. The fourth-order valence-electron chi connectivity index (χ4n) is 2.64. The van der Waals surface area contributed by atoms with Crippen LogP contribution < -0.4 is 5.32 Å². The molecule has 4 rings (SSSR count). The summed E-state index contributed by atoms with van der Waals surface area (Å²) >= 11 is 8.62. The van der Waals surface area contributed by atoms with E-state index < -0.39 is 0 Å². The molecule has 0 fully saturated rings. The maximum absolute atomic E-state index is 12.3. The predicted molar refractivity (Wildman–Crippen MR) is 118 cm³/mol. The average molecular weight is 440 g/mol. The molecule has 0 unspecified atom stereocenters. The Bertz CT molecular complexity index is 1130. The van der Waals surface area contributed by atoms with Crippen molar-refractivity contribution in [3.63, 3.8) is 0 Å². The zero-order chi connectivity index (χ0) is 20.1. The van der Waals surface area contributed by atoms with E-state index in [1.807, 2.05) is 36.4 Å². The summed E-state index contributed by atoms with van der Waals surface area (Å²) in [6.07, 6.45) is 1.58. The summed E-state index contributed by atoms with van der Waals surface area (Å²) in [5.41, 5.74) is 2.65. The first-order valence-corrected chi connectivity index (χ1v) is 11.1. The molecule has 0 bridgehead atoms. The molecule has 1 amide bonds. The maximum atomic E-state index is 12.3. The zero-order valence-corrected chi connectivity index (χ0v) is 17.7. The summed E-state index contributed by atoms with van der Waals surface area (Å²) in [4.78, 5) is 12.3. The highest BCUT2D eigenvalue weighted by Gasteiger charge is 2.10. The van der Waals surface area contributed by atoms with Crippen LogP contribution in [0.2, 0.25) is 0 Å². The quantitative estimate of drug-likeness (QED) is 0.305. The van der Waals surface area contributed by atoms with Gasteiger partial charge in [0.15, 0.2) is 8.29 Å². The van der Waals surface area contributed by atoms with Crippen LogP contribution in [0.3, 0.4) is 0 Å². The standard InChI is InChI=1S/C21H17N3O2S3/c25-19(22-13-18-7-4-12-26-18)16-8-10-17(11-9-16)24-21(27)29-20(23-24)28-14-15-5-2-1-3-6-15/h1-12H,13-14H2,(H,22,25). The topological polar surface area (TPSA) is 60.1 Å². The van der Waals surface area contributed by atoms with Crippen LogP contribution in [-0.4, -0.2) is 15.7 Å². The third-order valence-electron chi connectivity index (χ3n) is 4.11. The Morgan fingerprint density at radius 1 is 1.10 bits per heavy atom. The molecule has 0 saturated carbocycles. The van der Waals surface area contributed by atoms with Crippen molar-refractivity contribution in [1.29, 1.82) is 0 Å². The van der Waals surface area contributed by atoms with E-state index in [2.05, 4.69) is 22.5 Å². The van der Waals surface area contributed by atoms with Crippen LogP contribution in [0, 0.1) is 3.95 Å². The lowest BCUT2D eigenvalue weighted by atomic mass is 10.2. The molecule has 4 aromatic rings. The highest BCUT2D eigenvalue weighted by atomic mass is 32.2. The van der Waals surface area contributed by atoms with E-state index in [-0.39, 0.29) is 5.91 Å². The molecule has 0 aliphatic heterocycles. The third-order valence-corrected chi connectivity index (χ3v) is 6.55. The van der Waals surface area contributed by atoms with E-state index in [4.69, 9.17) is 16.6 Å². The maximum Gasteiger partial charge on any atom is 0.251 e. The number of aromatic nitrogens is 2. The van der Waals surface area contributed by atoms with Crippen LogP contribution in [0.5, 0.6) is 0 Å². The summed E-state index contributed by atoms with van der Waals surface area (Å²) < 4.78 is 8.55. The molecule has 0 aliphatic rings. The normalized spacial score (nSPS) is 10.8. The first-order chi connectivity index (χ1) is 14.2. The van der Waals surface area contributed by atoms with E-state index in [1.54, 1.807) is 40.9 Å². The second-order valence-electron chi connectivity index (χ2n) is 6.13. The summed E-state index contributed by atoms with van der Waals surface area (Å²) in [6.45, 7) is 0.354. The van der Waals surface area contributed by atoms with Gasteiger partial charge in [-0.1, -0.05) is 53.4 Å². The summed E-state index contributed by atoms with van der Waals surface area (Å²) in [5.74, 6) is 1.40. The predicted octanol–water partition coefficient (Wildman–Crippen LogP) is 5.48. The van der Waals surface area contributed by atoms with Gasteiger partial charge in [-0.15, -0.1) is 5.10 Å². The molecule has 0 aliphatic carbocycles. The Kier molecular flexibility index (Phi) is 6.24. The van der Waals surface area contributed by atoms with Crippen LogP contribution in [0.1, 0.15) is 21.7 Å². The smallest absolute Gasteiger partial charge is 0.251 e. The highest BCUT2D eigenvalue weighted by molar-refractivity contribution is 8.00. The highest BCUT2D eigenvalue weighted by Crippen LogP contribution is 2.27. The van der Waals surface area contributed by atoms with E-state index in [0.717, 1.165) is 15.8 Å². The van der Waals surface area contributed by atoms with E-state index >= 15 is 0 Å².